The van der Waals surface area contributed by atoms with Gasteiger partial charge in [0.25, 0.3) is 0 Å². The summed E-state index contributed by atoms with van der Waals surface area (Å²) in [5.74, 6) is 0.0504. The number of allylic oxidation sites excluding steroid dienone is 2. The summed E-state index contributed by atoms with van der Waals surface area (Å²) in [4.78, 5) is 22.0. The predicted octanol–water partition coefficient (Wildman–Crippen LogP) is 6.62. The van der Waals surface area contributed by atoms with E-state index >= 15 is 0 Å². The summed E-state index contributed by atoms with van der Waals surface area (Å²) in [6, 6.07) is 12.4. The Kier molecular flexibility index (Phi) is 6.05. The SMILES string of the molecule is CC1(C)CC(=O)C2=C(C1)N(c1sc3c(c1C#N)CCCC3)c1nc(N)c(C#N)c(N)c1[C@H]2c1cccc(Br)c1. The van der Waals surface area contributed by atoms with Crippen molar-refractivity contribution in [3.63, 3.8) is 0 Å². The maximum Gasteiger partial charge on any atom is 0.162 e. The minimum atomic E-state index is -0.521. The predicted molar refractivity (Wildman–Crippen MR) is 157 cm³/mol. The first kappa shape index (κ1) is 25.6. The van der Waals surface area contributed by atoms with Crippen LogP contribution in [0.4, 0.5) is 22.3 Å². The minimum Gasteiger partial charge on any atom is -0.397 e. The Morgan fingerprint density at radius 2 is 1.87 bits per heavy atom. The quantitative estimate of drug-likeness (QED) is 0.338. The minimum absolute atomic E-state index is 0.0384. The fourth-order valence-electron chi connectivity index (χ4n) is 6.36. The first-order chi connectivity index (χ1) is 18.6. The van der Waals surface area contributed by atoms with Gasteiger partial charge in [-0.25, -0.2) is 4.98 Å². The Balaban J connectivity index is 1.75. The number of thiophene rings is 1. The van der Waals surface area contributed by atoms with Crippen molar-refractivity contribution >= 4 is 55.4 Å². The van der Waals surface area contributed by atoms with Gasteiger partial charge in [0.1, 0.15) is 34.3 Å². The first-order valence-corrected chi connectivity index (χ1v) is 14.6. The molecule has 39 heavy (non-hydrogen) atoms. The number of rotatable bonds is 2. The number of carbonyl (C=O) groups is 1. The number of nitriles is 2. The van der Waals surface area contributed by atoms with Crippen LogP contribution in [0.2, 0.25) is 0 Å². The van der Waals surface area contributed by atoms with Crippen LogP contribution in [0.15, 0.2) is 40.0 Å². The molecule has 196 valence electrons. The summed E-state index contributed by atoms with van der Waals surface area (Å²) >= 11 is 5.18. The summed E-state index contributed by atoms with van der Waals surface area (Å²) in [7, 11) is 0. The van der Waals surface area contributed by atoms with Crippen molar-refractivity contribution < 1.29 is 4.79 Å². The van der Waals surface area contributed by atoms with Gasteiger partial charge in [-0.2, -0.15) is 10.5 Å². The monoisotopic (exact) mass is 598 g/mol. The molecule has 0 spiro atoms. The standard InChI is InChI=1S/C30H27BrN6OS/c1-30(2)11-20-24(21(38)12-30)23(15-6-5-7-16(31)10-15)25-26(34)19(14-33)27(35)36-28(25)37(20)29-18(13-32)17-8-3-4-9-22(17)39-29/h5-7,10,23H,3-4,8-9,11-12H2,1-2H3,(H4,34,35,36)/t23-/m0/s1. The summed E-state index contributed by atoms with van der Waals surface area (Å²) in [5, 5.41) is 21.1. The number of halogens is 1. The van der Waals surface area contributed by atoms with E-state index < -0.39 is 5.92 Å². The van der Waals surface area contributed by atoms with E-state index in [9.17, 15) is 15.3 Å². The number of nitrogens with two attached hydrogens (primary N) is 2. The van der Waals surface area contributed by atoms with Gasteiger partial charge in [0.05, 0.1) is 11.3 Å². The van der Waals surface area contributed by atoms with Crippen molar-refractivity contribution in [3.8, 4) is 12.1 Å². The third-order valence-corrected chi connectivity index (χ3v) is 9.77. The molecule has 1 atom stereocenters. The lowest BCUT2D eigenvalue weighted by molar-refractivity contribution is -0.118. The number of aryl methyl sites for hydroxylation is 1. The zero-order valence-corrected chi connectivity index (χ0v) is 24.2. The number of hydrogen-bond acceptors (Lipinski definition) is 8. The zero-order valence-electron chi connectivity index (χ0n) is 21.8. The zero-order chi connectivity index (χ0) is 27.6. The molecule has 7 nitrogen and oxygen atoms in total. The molecule has 0 amide bonds. The molecule has 3 aliphatic rings. The highest BCUT2D eigenvalue weighted by atomic mass is 79.9. The first-order valence-electron chi connectivity index (χ1n) is 13.0. The van der Waals surface area contributed by atoms with E-state index in [0.29, 0.717) is 35.4 Å². The second-order valence-electron chi connectivity index (χ2n) is 11.3. The van der Waals surface area contributed by atoms with Crippen LogP contribution >= 0.6 is 27.3 Å². The van der Waals surface area contributed by atoms with Gasteiger partial charge >= 0.3 is 0 Å². The van der Waals surface area contributed by atoms with Crippen molar-refractivity contribution in [2.24, 2.45) is 5.41 Å². The number of anilines is 4. The highest BCUT2D eigenvalue weighted by Crippen LogP contribution is 2.57. The number of fused-ring (bicyclic) bond motifs is 2. The summed E-state index contributed by atoms with van der Waals surface area (Å²) in [6.07, 6.45) is 4.92. The van der Waals surface area contributed by atoms with Gasteiger partial charge in [-0.05, 0) is 60.8 Å². The van der Waals surface area contributed by atoms with Gasteiger partial charge in [0, 0.05) is 38.5 Å². The van der Waals surface area contributed by atoms with Gasteiger partial charge in [-0.15, -0.1) is 11.3 Å². The van der Waals surface area contributed by atoms with Crippen LogP contribution < -0.4 is 16.4 Å². The molecule has 1 aliphatic heterocycles. The molecule has 3 heterocycles. The molecule has 0 saturated carbocycles. The van der Waals surface area contributed by atoms with Crippen molar-refractivity contribution in [2.75, 3.05) is 16.4 Å². The smallest absolute Gasteiger partial charge is 0.162 e. The highest BCUT2D eigenvalue weighted by molar-refractivity contribution is 9.10. The number of carbonyl (C=O) groups excluding carboxylic acids is 1. The maximum atomic E-state index is 14.1. The van der Waals surface area contributed by atoms with Crippen LogP contribution in [0.5, 0.6) is 0 Å². The van der Waals surface area contributed by atoms with Crippen LogP contribution in [0.25, 0.3) is 0 Å². The van der Waals surface area contributed by atoms with Crippen molar-refractivity contribution in [1.29, 1.82) is 10.5 Å². The summed E-state index contributed by atoms with van der Waals surface area (Å²) in [5.41, 5.74) is 17.8. The van der Waals surface area contributed by atoms with Crippen LogP contribution in [0, 0.1) is 28.1 Å². The molecule has 0 unspecified atom stereocenters. The number of nitrogen functional groups attached to an aromatic ring is 2. The largest absolute Gasteiger partial charge is 0.397 e. The molecule has 0 saturated heterocycles. The van der Waals surface area contributed by atoms with Crippen molar-refractivity contribution in [1.82, 2.24) is 4.98 Å². The Morgan fingerprint density at radius 3 is 2.59 bits per heavy atom. The molecule has 3 aromatic rings. The maximum absolute atomic E-state index is 14.1. The lowest BCUT2D eigenvalue weighted by Gasteiger charge is -2.44. The Hall–Kier alpha value is -3.66. The molecule has 0 bridgehead atoms. The number of benzene rings is 1. The van der Waals surface area contributed by atoms with Crippen LogP contribution in [-0.2, 0) is 17.6 Å². The van der Waals surface area contributed by atoms with Gasteiger partial charge in [0.2, 0.25) is 0 Å². The van der Waals surface area contributed by atoms with E-state index in [4.69, 9.17) is 16.5 Å². The Labute approximate surface area is 239 Å². The van der Waals surface area contributed by atoms with Gasteiger partial charge in [-0.3, -0.25) is 9.69 Å². The number of aromatic nitrogens is 1. The molecular formula is C30H27BrN6OS. The fraction of sp³-hybridized carbons (Fsp3) is 0.333. The third-order valence-electron chi connectivity index (χ3n) is 8.00. The average molecular weight is 600 g/mol. The Morgan fingerprint density at radius 1 is 1.13 bits per heavy atom. The summed E-state index contributed by atoms with van der Waals surface area (Å²) in [6.45, 7) is 4.19. The topological polar surface area (TPSA) is 133 Å². The number of pyridine rings is 1. The van der Waals surface area contributed by atoms with Crippen molar-refractivity contribution in [2.45, 2.75) is 58.3 Å². The molecule has 4 N–H and O–H groups in total. The second kappa shape index (κ2) is 9.22. The third kappa shape index (κ3) is 3.95. The van der Waals surface area contributed by atoms with Gasteiger partial charge < -0.3 is 11.5 Å². The van der Waals surface area contributed by atoms with E-state index in [-0.39, 0.29) is 28.3 Å². The lowest BCUT2D eigenvalue weighted by atomic mass is 9.68. The number of ketones is 1. The molecule has 2 aromatic heterocycles. The van der Waals surface area contributed by atoms with E-state index in [1.807, 2.05) is 29.2 Å². The molecular weight excluding hydrogens is 572 g/mol. The normalized spacial score (nSPS) is 19.6. The Bertz CT molecular complexity index is 1690. The van der Waals surface area contributed by atoms with E-state index in [0.717, 1.165) is 52.0 Å². The number of Topliss-reactive ketones (excluding diaryl/α,β-unsaturated/α-hetero) is 1. The second-order valence-corrected chi connectivity index (χ2v) is 13.3. The van der Waals surface area contributed by atoms with Crippen LogP contribution in [0.3, 0.4) is 0 Å². The fourth-order valence-corrected chi connectivity index (χ4v) is 8.14. The molecule has 0 radical (unpaired) electrons. The molecule has 9 heteroatoms. The number of nitrogens with zero attached hydrogens (tertiary/aromatic N) is 4. The lowest BCUT2D eigenvalue weighted by Crippen LogP contribution is -2.39. The molecule has 1 aromatic carbocycles. The van der Waals surface area contributed by atoms with Crippen LogP contribution in [0.1, 0.15) is 78.1 Å². The van der Waals surface area contributed by atoms with Gasteiger partial charge in [-0.1, -0.05) is 41.9 Å². The van der Waals surface area contributed by atoms with Gasteiger partial charge in [0.15, 0.2) is 5.78 Å². The molecule has 0 fully saturated rings. The highest BCUT2D eigenvalue weighted by Gasteiger charge is 2.47. The average Bonchev–Trinajstić information content (AvgIpc) is 3.25. The van der Waals surface area contributed by atoms with E-state index in [1.165, 1.54) is 4.88 Å². The molecule has 2 aliphatic carbocycles. The van der Waals surface area contributed by atoms with Crippen LogP contribution in [-0.4, -0.2) is 10.8 Å². The van der Waals surface area contributed by atoms with Crippen molar-refractivity contribution in [3.05, 3.63) is 72.7 Å². The summed E-state index contributed by atoms with van der Waals surface area (Å²) < 4.78 is 0.870. The number of hydrogen-bond donors (Lipinski definition) is 2. The van der Waals surface area contributed by atoms with E-state index in [1.54, 1.807) is 11.3 Å². The molecule has 6 rings (SSSR count). The van der Waals surface area contributed by atoms with E-state index in [2.05, 4.69) is 41.9 Å².